The van der Waals surface area contributed by atoms with E-state index in [0.29, 0.717) is 12.1 Å². The molecule has 0 amide bonds. The number of hydrogen-bond acceptors (Lipinski definition) is 3. The number of nitrogens with one attached hydrogen (secondary N) is 1. The maximum Gasteiger partial charge on any atom is 0.0951 e. The highest BCUT2D eigenvalue weighted by atomic mass is 15.2. The summed E-state index contributed by atoms with van der Waals surface area (Å²) in [6, 6.07) is 2.08. The minimum atomic E-state index is 0.496. The van der Waals surface area contributed by atoms with Crippen molar-refractivity contribution < 1.29 is 0 Å². The predicted molar refractivity (Wildman–Crippen MR) is 72.5 cm³/mol. The zero-order valence-electron chi connectivity index (χ0n) is 11.5. The third kappa shape index (κ3) is 2.59. The van der Waals surface area contributed by atoms with Crippen molar-refractivity contribution in [1.29, 1.82) is 0 Å². The topological polar surface area (TPSA) is 33.1 Å². The Kier molecular flexibility index (Phi) is 3.39. The van der Waals surface area contributed by atoms with Crippen LogP contribution < -0.4 is 5.32 Å². The largest absolute Gasteiger partial charge is 0.331 e. The van der Waals surface area contributed by atoms with Crippen molar-refractivity contribution in [1.82, 2.24) is 19.8 Å². The van der Waals surface area contributed by atoms with Crippen LogP contribution in [0.2, 0.25) is 0 Å². The Labute approximate surface area is 109 Å². The van der Waals surface area contributed by atoms with Crippen LogP contribution in [-0.2, 0) is 6.54 Å². The highest BCUT2D eigenvalue weighted by molar-refractivity contribution is 5.00. The van der Waals surface area contributed by atoms with E-state index >= 15 is 0 Å². The van der Waals surface area contributed by atoms with Gasteiger partial charge in [0.15, 0.2) is 0 Å². The van der Waals surface area contributed by atoms with Crippen molar-refractivity contribution in [3.63, 3.8) is 0 Å². The lowest BCUT2D eigenvalue weighted by Crippen LogP contribution is -2.33. The highest BCUT2D eigenvalue weighted by Gasteiger charge is 2.34. The number of imidazole rings is 1. The average Bonchev–Trinajstić information content (AvgIpc) is 2.92. The van der Waals surface area contributed by atoms with Gasteiger partial charge in [0.05, 0.1) is 12.0 Å². The molecule has 2 fully saturated rings. The van der Waals surface area contributed by atoms with Gasteiger partial charge in [0.1, 0.15) is 0 Å². The summed E-state index contributed by atoms with van der Waals surface area (Å²) in [5.74, 6) is 0. The van der Waals surface area contributed by atoms with Gasteiger partial charge in [-0.3, -0.25) is 4.90 Å². The van der Waals surface area contributed by atoms with Crippen molar-refractivity contribution in [2.75, 3.05) is 13.1 Å². The molecule has 1 N–H and O–H groups in total. The standard InChI is InChI=1S/C14H24N4/c1-11(2)18-10-15-7-14(18)8-16-12-5-6-17(9-12)13-3-4-13/h7,10-13,16H,3-6,8-9H2,1-2H3. The fourth-order valence-corrected chi connectivity index (χ4v) is 2.91. The molecule has 1 unspecified atom stereocenters. The van der Waals surface area contributed by atoms with E-state index in [9.17, 15) is 0 Å². The molecule has 0 aromatic carbocycles. The van der Waals surface area contributed by atoms with Gasteiger partial charge in [-0.2, -0.15) is 0 Å². The molecule has 18 heavy (non-hydrogen) atoms. The van der Waals surface area contributed by atoms with Gasteiger partial charge in [-0.1, -0.05) is 0 Å². The minimum absolute atomic E-state index is 0.496. The molecule has 3 rings (SSSR count). The van der Waals surface area contributed by atoms with Crippen molar-refractivity contribution in [2.24, 2.45) is 0 Å². The predicted octanol–water partition coefficient (Wildman–Crippen LogP) is 1.79. The molecular formula is C14H24N4. The summed E-state index contributed by atoms with van der Waals surface area (Å²) in [5.41, 5.74) is 1.30. The van der Waals surface area contributed by atoms with Crippen LogP contribution in [0.5, 0.6) is 0 Å². The monoisotopic (exact) mass is 248 g/mol. The molecule has 100 valence electrons. The summed E-state index contributed by atoms with van der Waals surface area (Å²) >= 11 is 0. The van der Waals surface area contributed by atoms with E-state index in [1.54, 1.807) is 0 Å². The maximum atomic E-state index is 4.25. The second-order valence-electron chi connectivity index (χ2n) is 5.98. The molecule has 1 saturated heterocycles. The van der Waals surface area contributed by atoms with Crippen LogP contribution in [0.1, 0.15) is 44.8 Å². The summed E-state index contributed by atoms with van der Waals surface area (Å²) in [4.78, 5) is 6.90. The van der Waals surface area contributed by atoms with Crippen LogP contribution in [0.25, 0.3) is 0 Å². The van der Waals surface area contributed by atoms with Crippen molar-refractivity contribution in [3.05, 3.63) is 18.2 Å². The van der Waals surface area contributed by atoms with Crippen LogP contribution >= 0.6 is 0 Å². The first-order valence-corrected chi connectivity index (χ1v) is 7.22. The van der Waals surface area contributed by atoms with Gasteiger partial charge < -0.3 is 9.88 Å². The van der Waals surface area contributed by atoms with E-state index in [1.807, 2.05) is 12.5 Å². The molecule has 1 aliphatic carbocycles. The molecule has 1 atom stereocenters. The molecule has 1 saturated carbocycles. The van der Waals surface area contributed by atoms with Crippen molar-refractivity contribution in [3.8, 4) is 0 Å². The van der Waals surface area contributed by atoms with Crippen LogP contribution in [-0.4, -0.2) is 39.6 Å². The van der Waals surface area contributed by atoms with Gasteiger partial charge in [0.25, 0.3) is 0 Å². The molecule has 2 aliphatic rings. The second kappa shape index (κ2) is 5.02. The molecule has 0 bridgehead atoms. The summed E-state index contributed by atoms with van der Waals surface area (Å²) in [7, 11) is 0. The average molecular weight is 248 g/mol. The SMILES string of the molecule is CC(C)n1cncc1CNC1CCN(C2CC2)C1. The van der Waals surface area contributed by atoms with E-state index in [2.05, 4.69) is 33.6 Å². The lowest BCUT2D eigenvalue weighted by atomic mass is 10.2. The van der Waals surface area contributed by atoms with E-state index in [1.165, 1.54) is 38.0 Å². The summed E-state index contributed by atoms with van der Waals surface area (Å²) < 4.78 is 2.25. The second-order valence-corrected chi connectivity index (χ2v) is 5.98. The van der Waals surface area contributed by atoms with E-state index in [-0.39, 0.29) is 0 Å². The van der Waals surface area contributed by atoms with Gasteiger partial charge in [-0.05, 0) is 33.1 Å². The minimum Gasteiger partial charge on any atom is -0.331 e. The van der Waals surface area contributed by atoms with Crippen LogP contribution in [0.15, 0.2) is 12.5 Å². The third-order valence-electron chi connectivity index (χ3n) is 4.16. The zero-order chi connectivity index (χ0) is 12.5. The smallest absolute Gasteiger partial charge is 0.0951 e. The normalized spacial score (nSPS) is 25.2. The maximum absolute atomic E-state index is 4.25. The van der Waals surface area contributed by atoms with Gasteiger partial charge in [-0.25, -0.2) is 4.98 Å². The summed E-state index contributed by atoms with van der Waals surface area (Å²) in [6.07, 6.45) is 8.07. The lowest BCUT2D eigenvalue weighted by Gasteiger charge is -2.17. The quantitative estimate of drug-likeness (QED) is 0.862. The number of hydrogen-bond donors (Lipinski definition) is 1. The molecule has 1 aromatic rings. The Morgan fingerprint density at radius 2 is 2.22 bits per heavy atom. The van der Waals surface area contributed by atoms with E-state index in [4.69, 9.17) is 0 Å². The Morgan fingerprint density at radius 1 is 1.39 bits per heavy atom. The third-order valence-corrected chi connectivity index (χ3v) is 4.16. The fraction of sp³-hybridized carbons (Fsp3) is 0.786. The Hall–Kier alpha value is -0.870. The number of nitrogens with zero attached hydrogens (tertiary/aromatic N) is 3. The number of aromatic nitrogens is 2. The number of likely N-dealkylation sites (tertiary alicyclic amines) is 1. The van der Waals surface area contributed by atoms with Gasteiger partial charge >= 0.3 is 0 Å². The summed E-state index contributed by atoms with van der Waals surface area (Å²) in [6.45, 7) is 7.87. The van der Waals surface area contributed by atoms with Crippen LogP contribution in [0, 0.1) is 0 Å². The first-order valence-electron chi connectivity index (χ1n) is 7.22. The van der Waals surface area contributed by atoms with E-state index < -0.39 is 0 Å². The molecule has 1 aromatic heterocycles. The Morgan fingerprint density at radius 3 is 2.94 bits per heavy atom. The zero-order valence-corrected chi connectivity index (χ0v) is 11.5. The van der Waals surface area contributed by atoms with Gasteiger partial charge in [0.2, 0.25) is 0 Å². The number of rotatable bonds is 5. The van der Waals surface area contributed by atoms with Gasteiger partial charge in [0, 0.05) is 44.0 Å². The van der Waals surface area contributed by atoms with E-state index in [0.717, 1.165) is 12.6 Å². The lowest BCUT2D eigenvalue weighted by molar-refractivity contribution is 0.317. The molecule has 1 aliphatic heterocycles. The molecule has 4 heteroatoms. The first-order chi connectivity index (χ1) is 8.74. The van der Waals surface area contributed by atoms with Gasteiger partial charge in [-0.15, -0.1) is 0 Å². The molecule has 0 spiro atoms. The summed E-state index contributed by atoms with van der Waals surface area (Å²) in [5, 5.41) is 3.69. The highest BCUT2D eigenvalue weighted by Crippen LogP contribution is 2.29. The fourth-order valence-electron chi connectivity index (χ4n) is 2.91. The van der Waals surface area contributed by atoms with Crippen molar-refractivity contribution in [2.45, 2.75) is 57.8 Å². The molecule has 4 nitrogen and oxygen atoms in total. The molecular weight excluding hydrogens is 224 g/mol. The Balaban J connectivity index is 1.50. The van der Waals surface area contributed by atoms with Crippen LogP contribution in [0.4, 0.5) is 0 Å². The first kappa shape index (κ1) is 12.2. The molecule has 2 heterocycles. The Bertz CT molecular complexity index is 394. The van der Waals surface area contributed by atoms with Crippen LogP contribution in [0.3, 0.4) is 0 Å². The molecule has 0 radical (unpaired) electrons. The van der Waals surface area contributed by atoms with Crippen molar-refractivity contribution >= 4 is 0 Å².